The second kappa shape index (κ2) is 9.83. The average Bonchev–Trinajstić information content (AvgIpc) is 0.811. The fourth-order valence-electron chi connectivity index (χ4n) is 0. The van der Waals surface area contributed by atoms with E-state index in [9.17, 15) is 0 Å². The maximum Gasteiger partial charge on any atom is 2.00 e. The van der Waals surface area contributed by atoms with Crippen LogP contribution in [0.1, 0.15) is 0 Å². The van der Waals surface area contributed by atoms with Crippen LogP contribution in [-0.4, -0.2) is 39.4 Å². The maximum absolute atomic E-state index is 8.56. The van der Waals surface area contributed by atoms with Gasteiger partial charge in [0.1, 0.15) is 0 Å². The van der Waals surface area contributed by atoms with Gasteiger partial charge in [-0.05, 0) is 0 Å². The molecule has 0 bridgehead atoms. The third-order valence-corrected chi connectivity index (χ3v) is 0. The van der Waals surface area contributed by atoms with Crippen LogP contribution in [0.4, 0.5) is 4.79 Å². The van der Waals surface area contributed by atoms with Gasteiger partial charge < -0.3 is 10.2 Å². The Balaban J connectivity index is -0.0000000450. The van der Waals surface area contributed by atoms with Crippen LogP contribution < -0.4 is 51.4 Å². The molecule has 0 amide bonds. The fourth-order valence-corrected chi connectivity index (χ4v) is 0. The second-order valence-corrected chi connectivity index (χ2v) is 0.283. The molecule has 3 nitrogen and oxygen atoms in total. The first-order valence-corrected chi connectivity index (χ1v) is 0.651. The van der Waals surface area contributed by atoms with E-state index >= 15 is 0 Å². The molecule has 0 aromatic carbocycles. The van der Waals surface area contributed by atoms with Crippen molar-refractivity contribution in [2.75, 3.05) is 0 Å². The van der Waals surface area contributed by atoms with E-state index in [-0.39, 0.29) is 74.4 Å². The fraction of sp³-hybridized carbons (Fsp3) is 0. The number of hydrogen-bond donors (Lipinski definition) is 2. The molecule has 0 aromatic heterocycles. The second-order valence-electron chi connectivity index (χ2n) is 0.283. The topological polar surface area (TPSA) is 57.5 Å². The minimum atomic E-state index is -1.83. The Morgan fingerprint density at radius 3 is 1.33 bits per heavy atom. The van der Waals surface area contributed by atoms with Crippen LogP contribution in [0.15, 0.2) is 0 Å². The van der Waals surface area contributed by atoms with E-state index in [1.165, 1.54) is 0 Å². The quantitative estimate of drug-likeness (QED) is 0.336. The van der Waals surface area contributed by atoms with Crippen molar-refractivity contribution < 1.29 is 66.4 Å². The minimum absolute atomic E-state index is 0. The summed E-state index contributed by atoms with van der Waals surface area (Å²) >= 11 is 0. The summed E-state index contributed by atoms with van der Waals surface area (Å²) in [5.41, 5.74) is 0. The van der Waals surface area contributed by atoms with Gasteiger partial charge in [0.2, 0.25) is 0 Å². The Bertz CT molecular complexity index is 33.8. The van der Waals surface area contributed by atoms with E-state index < -0.39 is 6.16 Å². The molecule has 0 heterocycles. The molecule has 0 spiro atoms. The van der Waals surface area contributed by atoms with Crippen molar-refractivity contribution in [2.45, 2.75) is 0 Å². The molecule has 0 atom stereocenters. The summed E-state index contributed by atoms with van der Waals surface area (Å²) in [6.07, 6.45) is -1.83. The van der Waals surface area contributed by atoms with Crippen molar-refractivity contribution in [3.8, 4) is 0 Å². The van der Waals surface area contributed by atoms with Crippen LogP contribution in [0.2, 0.25) is 0 Å². The summed E-state index contributed by atoms with van der Waals surface area (Å²) in [5.74, 6) is 0. The van der Waals surface area contributed by atoms with Crippen molar-refractivity contribution >= 4 is 29.2 Å². The van der Waals surface area contributed by atoms with Crippen molar-refractivity contribution in [1.82, 2.24) is 0 Å². The molecule has 0 radical (unpaired) electrons. The number of rotatable bonds is 0. The van der Waals surface area contributed by atoms with Crippen LogP contribution >= 0.6 is 0 Å². The Morgan fingerprint density at radius 1 is 1.33 bits per heavy atom. The third kappa shape index (κ3) is 44.3. The minimum Gasteiger partial charge on any atom is -0.450 e. The van der Waals surface area contributed by atoms with Gasteiger partial charge >= 0.3 is 80.6 Å². The van der Waals surface area contributed by atoms with Crippen molar-refractivity contribution in [1.29, 1.82) is 0 Å². The van der Waals surface area contributed by atoms with Gasteiger partial charge in [-0.25, -0.2) is 4.79 Å². The van der Waals surface area contributed by atoms with Gasteiger partial charge in [-0.15, -0.1) is 0 Å². The Morgan fingerprint density at radius 2 is 1.33 bits per heavy atom. The molecule has 6 heavy (non-hydrogen) atoms. The van der Waals surface area contributed by atoms with Gasteiger partial charge in [0.15, 0.2) is 0 Å². The molecule has 0 aromatic rings. The maximum atomic E-state index is 8.56. The zero-order chi connectivity index (χ0) is 3.58. The molecule has 0 aliphatic rings. The summed E-state index contributed by atoms with van der Waals surface area (Å²) in [6, 6.07) is 0. The van der Waals surface area contributed by atoms with Crippen LogP contribution in [-0.2, 0) is 0 Å². The van der Waals surface area contributed by atoms with Crippen LogP contribution in [0, 0.1) is 0 Å². The van der Waals surface area contributed by atoms with Crippen molar-refractivity contribution in [2.24, 2.45) is 0 Å². The van der Waals surface area contributed by atoms with Crippen molar-refractivity contribution in [3.05, 3.63) is 0 Å². The van der Waals surface area contributed by atoms with E-state index in [0.29, 0.717) is 0 Å². The van der Waals surface area contributed by atoms with E-state index in [1.807, 2.05) is 0 Å². The molecule has 0 saturated heterocycles. The van der Waals surface area contributed by atoms with Gasteiger partial charge in [-0.2, -0.15) is 0 Å². The van der Waals surface area contributed by atoms with E-state index in [2.05, 4.69) is 0 Å². The molecule has 0 rings (SSSR count). The molecule has 0 unspecified atom stereocenters. The zero-order valence-corrected chi connectivity index (χ0v) is 8.05. The SMILES string of the molecule is O=C(O)O.[K+].[Mg+2]. The monoisotopic (exact) mass is 125 g/mol. The van der Waals surface area contributed by atoms with Crippen LogP contribution in [0.5, 0.6) is 0 Å². The summed E-state index contributed by atoms with van der Waals surface area (Å²) in [7, 11) is 0. The summed E-state index contributed by atoms with van der Waals surface area (Å²) in [5, 5.41) is 13.9. The van der Waals surface area contributed by atoms with Gasteiger partial charge in [-0.1, -0.05) is 0 Å². The number of carbonyl (C=O) groups is 1. The van der Waals surface area contributed by atoms with Gasteiger partial charge in [0.25, 0.3) is 0 Å². The predicted molar refractivity (Wildman–Crippen MR) is 16.4 cm³/mol. The molecule has 24 valence electrons. The van der Waals surface area contributed by atoms with Gasteiger partial charge in [0.05, 0.1) is 0 Å². The van der Waals surface area contributed by atoms with E-state index in [4.69, 9.17) is 15.0 Å². The van der Waals surface area contributed by atoms with E-state index in [1.54, 1.807) is 0 Å². The standard InChI is InChI=1S/CH2O3.K.Mg/c2-1(3)4;;/h(H2,2,3,4);;/q;+1;+2. The molecular formula is CH2KMgO3+3. The number of hydrogen-bond acceptors (Lipinski definition) is 1. The average molecular weight is 125 g/mol. The molecule has 0 aliphatic carbocycles. The molecule has 0 fully saturated rings. The van der Waals surface area contributed by atoms with Crippen LogP contribution in [0.25, 0.3) is 0 Å². The summed E-state index contributed by atoms with van der Waals surface area (Å²) in [4.78, 5) is 8.56. The third-order valence-electron chi connectivity index (χ3n) is 0. The van der Waals surface area contributed by atoms with Crippen LogP contribution in [0.3, 0.4) is 0 Å². The molecule has 0 aliphatic heterocycles. The smallest absolute Gasteiger partial charge is 0.450 e. The first kappa shape index (κ1) is 15.6. The largest absolute Gasteiger partial charge is 2.00 e. The summed E-state index contributed by atoms with van der Waals surface area (Å²) < 4.78 is 0. The Labute approximate surface area is 93.7 Å². The molecule has 0 saturated carbocycles. The molecule has 5 heteroatoms. The Hall–Kier alpha value is 1.67. The normalized spacial score (nSPS) is 4.00. The van der Waals surface area contributed by atoms with E-state index in [0.717, 1.165) is 0 Å². The van der Waals surface area contributed by atoms with Gasteiger partial charge in [0, 0.05) is 0 Å². The molecule has 2 N–H and O–H groups in total. The Kier molecular flexibility index (Phi) is 25.6. The number of carboxylic acid groups (broad SMARTS) is 2. The summed E-state index contributed by atoms with van der Waals surface area (Å²) in [6.45, 7) is 0. The van der Waals surface area contributed by atoms with Crippen molar-refractivity contribution in [3.63, 3.8) is 0 Å². The zero-order valence-electron chi connectivity index (χ0n) is 3.51. The first-order chi connectivity index (χ1) is 1.73. The molecular weight excluding hydrogens is 123 g/mol. The van der Waals surface area contributed by atoms with Gasteiger partial charge in [-0.3, -0.25) is 0 Å². The predicted octanol–water partition coefficient (Wildman–Crippen LogP) is -3.15. The first-order valence-electron chi connectivity index (χ1n) is 0.651.